The number of amides is 2. The number of carbonyl (C=O) groups is 3. The number of hydrogen-bond acceptors (Lipinski definition) is 6. The van der Waals surface area contributed by atoms with Crippen LogP contribution in [0.2, 0.25) is 5.02 Å². The van der Waals surface area contributed by atoms with Crippen LogP contribution in [0.5, 0.6) is 11.5 Å². The molecule has 2 aromatic rings. The van der Waals surface area contributed by atoms with Crippen LogP contribution in [0.1, 0.15) is 31.9 Å². The van der Waals surface area contributed by atoms with Gasteiger partial charge >= 0.3 is 6.61 Å². The third kappa shape index (κ3) is 9.43. The molecular formula is C26H30ClF3N2O5S. The van der Waals surface area contributed by atoms with E-state index in [1.54, 1.807) is 19.9 Å². The Morgan fingerprint density at radius 1 is 1.08 bits per heavy atom. The average molecular weight is 575 g/mol. The van der Waals surface area contributed by atoms with E-state index in [2.05, 4.69) is 15.4 Å². The summed E-state index contributed by atoms with van der Waals surface area (Å²) in [6, 6.07) is 6.57. The summed E-state index contributed by atoms with van der Waals surface area (Å²) in [5.41, 5.74) is 0.449. The van der Waals surface area contributed by atoms with E-state index in [1.165, 1.54) is 44.4 Å². The van der Waals surface area contributed by atoms with Gasteiger partial charge in [0, 0.05) is 21.9 Å². The second kappa shape index (κ2) is 14.9. The number of nitrogens with one attached hydrogen (secondary N) is 2. The summed E-state index contributed by atoms with van der Waals surface area (Å²) in [6.45, 7) is 1.85. The van der Waals surface area contributed by atoms with Crippen molar-refractivity contribution in [3.63, 3.8) is 0 Å². The molecule has 2 atom stereocenters. The lowest BCUT2D eigenvalue weighted by atomic mass is 10.0. The van der Waals surface area contributed by atoms with Crippen LogP contribution < -0.4 is 20.1 Å². The van der Waals surface area contributed by atoms with E-state index in [1.807, 2.05) is 0 Å². The van der Waals surface area contributed by atoms with Gasteiger partial charge in [-0.2, -0.15) is 8.78 Å². The van der Waals surface area contributed by atoms with Gasteiger partial charge in [-0.3, -0.25) is 14.4 Å². The van der Waals surface area contributed by atoms with Crippen LogP contribution in [-0.2, 0) is 26.6 Å². The fourth-order valence-electron chi connectivity index (χ4n) is 3.40. The van der Waals surface area contributed by atoms with Gasteiger partial charge < -0.3 is 20.1 Å². The zero-order valence-electron chi connectivity index (χ0n) is 21.4. The molecule has 38 heavy (non-hydrogen) atoms. The zero-order chi connectivity index (χ0) is 28.4. The maximum absolute atomic E-state index is 13.9. The SMILES string of the molecule is COc1ccc(OC(F)F)c(CC(=O)NC(C(=O)N[C@@H](C)C(=O)CSCc2c(F)cccc2Cl)C(C)C)c1. The molecule has 0 saturated carbocycles. The Kier molecular flexibility index (Phi) is 12.2. The highest BCUT2D eigenvalue weighted by molar-refractivity contribution is 7.99. The molecule has 0 aliphatic carbocycles. The number of benzene rings is 2. The average Bonchev–Trinajstić information content (AvgIpc) is 2.84. The number of ether oxygens (including phenoxy) is 2. The number of thioether (sulfide) groups is 1. The van der Waals surface area contributed by atoms with E-state index in [-0.39, 0.29) is 46.0 Å². The van der Waals surface area contributed by atoms with Gasteiger partial charge in [0.1, 0.15) is 23.4 Å². The van der Waals surface area contributed by atoms with Gasteiger partial charge in [0.15, 0.2) is 5.78 Å². The summed E-state index contributed by atoms with van der Waals surface area (Å²) < 4.78 is 49.0. The second-order valence-electron chi connectivity index (χ2n) is 8.71. The Balaban J connectivity index is 1.97. The lowest BCUT2D eigenvalue weighted by Gasteiger charge is -2.24. The van der Waals surface area contributed by atoms with Gasteiger partial charge in [-0.25, -0.2) is 4.39 Å². The van der Waals surface area contributed by atoms with Crippen LogP contribution >= 0.6 is 23.4 Å². The van der Waals surface area contributed by atoms with E-state index in [0.717, 1.165) is 11.8 Å². The summed E-state index contributed by atoms with van der Waals surface area (Å²) >= 11 is 7.17. The molecule has 12 heteroatoms. The number of methoxy groups -OCH3 is 1. The van der Waals surface area contributed by atoms with Crippen molar-refractivity contribution in [2.45, 2.75) is 51.6 Å². The minimum Gasteiger partial charge on any atom is -0.497 e. The van der Waals surface area contributed by atoms with Gasteiger partial charge in [0.05, 0.1) is 25.3 Å². The zero-order valence-corrected chi connectivity index (χ0v) is 22.9. The standard InChI is InChI=1S/C26H30ClF3N2O5S/c1-14(2)24(32-23(34)11-16-10-17(36-4)8-9-22(16)37-26(29)30)25(35)31-15(3)21(33)13-38-12-18-19(27)6-5-7-20(18)28/h5-10,14-15,24,26H,11-13H2,1-4H3,(H,31,35)(H,32,34)/t15-,24?/m0/s1. The Bertz CT molecular complexity index is 1120. The van der Waals surface area contributed by atoms with Crippen molar-refractivity contribution >= 4 is 41.0 Å². The largest absolute Gasteiger partial charge is 0.497 e. The van der Waals surface area contributed by atoms with Crippen LogP contribution in [0.15, 0.2) is 36.4 Å². The van der Waals surface area contributed by atoms with Gasteiger partial charge in [-0.1, -0.05) is 31.5 Å². The molecule has 1 unspecified atom stereocenters. The van der Waals surface area contributed by atoms with E-state index in [9.17, 15) is 27.6 Å². The second-order valence-corrected chi connectivity index (χ2v) is 10.1. The normalized spacial score (nSPS) is 12.7. The first-order chi connectivity index (χ1) is 17.9. The van der Waals surface area contributed by atoms with Gasteiger partial charge in [-0.05, 0) is 43.2 Å². The fourth-order valence-corrected chi connectivity index (χ4v) is 4.76. The van der Waals surface area contributed by atoms with Crippen molar-refractivity contribution in [2.75, 3.05) is 12.9 Å². The molecule has 0 radical (unpaired) electrons. The summed E-state index contributed by atoms with van der Waals surface area (Å²) in [4.78, 5) is 38.2. The maximum atomic E-state index is 13.9. The maximum Gasteiger partial charge on any atom is 0.387 e. The Morgan fingerprint density at radius 2 is 1.79 bits per heavy atom. The van der Waals surface area contributed by atoms with Crippen LogP contribution in [-0.4, -0.2) is 49.2 Å². The van der Waals surface area contributed by atoms with Crippen molar-refractivity contribution in [3.05, 3.63) is 58.4 Å². The van der Waals surface area contributed by atoms with Crippen LogP contribution in [0.3, 0.4) is 0 Å². The first-order valence-corrected chi connectivity index (χ1v) is 13.2. The van der Waals surface area contributed by atoms with E-state index >= 15 is 0 Å². The molecule has 2 rings (SSSR count). The van der Waals surface area contributed by atoms with Gasteiger partial charge in [0.2, 0.25) is 11.8 Å². The fraction of sp³-hybridized carbons (Fsp3) is 0.423. The van der Waals surface area contributed by atoms with Crippen LogP contribution in [0.4, 0.5) is 13.2 Å². The van der Waals surface area contributed by atoms with Crippen molar-refractivity contribution in [1.29, 1.82) is 0 Å². The highest BCUT2D eigenvalue weighted by atomic mass is 35.5. The quantitative estimate of drug-likeness (QED) is 0.337. The summed E-state index contributed by atoms with van der Waals surface area (Å²) in [5.74, 6) is -1.94. The highest BCUT2D eigenvalue weighted by Crippen LogP contribution is 2.27. The van der Waals surface area contributed by atoms with Crippen LogP contribution in [0, 0.1) is 11.7 Å². The van der Waals surface area contributed by atoms with Gasteiger partial charge in [0.25, 0.3) is 0 Å². The first kappa shape index (κ1) is 31.3. The number of Topliss-reactive ketones (excluding diaryl/α,β-unsaturated/α-hetero) is 1. The lowest BCUT2D eigenvalue weighted by Crippen LogP contribution is -2.53. The molecular weight excluding hydrogens is 545 g/mol. The highest BCUT2D eigenvalue weighted by Gasteiger charge is 2.27. The van der Waals surface area contributed by atoms with Gasteiger partial charge in [-0.15, -0.1) is 11.8 Å². The molecule has 2 amide bonds. The molecule has 0 aromatic heterocycles. The smallest absolute Gasteiger partial charge is 0.387 e. The molecule has 0 aliphatic rings. The predicted octanol–water partition coefficient (Wildman–Crippen LogP) is 4.78. The number of ketones is 1. The van der Waals surface area contributed by atoms with Crippen molar-refractivity contribution in [1.82, 2.24) is 10.6 Å². The molecule has 208 valence electrons. The molecule has 0 heterocycles. The molecule has 0 saturated heterocycles. The Morgan fingerprint density at radius 3 is 2.39 bits per heavy atom. The summed E-state index contributed by atoms with van der Waals surface area (Å²) in [5, 5.41) is 5.46. The molecule has 0 spiro atoms. The minimum atomic E-state index is -3.08. The summed E-state index contributed by atoms with van der Waals surface area (Å²) in [6.07, 6.45) is -0.348. The van der Waals surface area contributed by atoms with Crippen molar-refractivity contribution < 1.29 is 37.0 Å². The van der Waals surface area contributed by atoms with E-state index in [0.29, 0.717) is 11.3 Å². The third-order valence-corrected chi connectivity index (χ3v) is 6.83. The molecule has 7 nitrogen and oxygen atoms in total. The Labute approximate surface area is 228 Å². The number of rotatable bonds is 14. The van der Waals surface area contributed by atoms with E-state index < -0.39 is 36.3 Å². The molecule has 0 aliphatic heterocycles. The molecule has 2 N–H and O–H groups in total. The lowest BCUT2D eigenvalue weighted by molar-refractivity contribution is -0.131. The number of halogens is 4. The molecule has 0 fully saturated rings. The van der Waals surface area contributed by atoms with Crippen LogP contribution in [0.25, 0.3) is 0 Å². The topological polar surface area (TPSA) is 93.7 Å². The predicted molar refractivity (Wildman–Crippen MR) is 140 cm³/mol. The number of carbonyl (C=O) groups excluding carboxylic acids is 3. The van der Waals surface area contributed by atoms with E-state index in [4.69, 9.17) is 16.3 Å². The van der Waals surface area contributed by atoms with Crippen molar-refractivity contribution in [3.8, 4) is 11.5 Å². The number of hydrogen-bond donors (Lipinski definition) is 2. The number of alkyl halides is 2. The monoisotopic (exact) mass is 574 g/mol. The van der Waals surface area contributed by atoms with Crippen molar-refractivity contribution in [2.24, 2.45) is 5.92 Å². The third-order valence-electron chi connectivity index (χ3n) is 5.49. The first-order valence-electron chi connectivity index (χ1n) is 11.7. The summed E-state index contributed by atoms with van der Waals surface area (Å²) in [7, 11) is 1.39. The molecule has 2 aromatic carbocycles. The minimum absolute atomic E-state index is 0.00751. The molecule has 0 bridgehead atoms. The Hall–Kier alpha value is -2.92.